The Morgan fingerprint density at radius 3 is 2.76 bits per heavy atom. The van der Waals surface area contributed by atoms with Crippen molar-refractivity contribution in [2.75, 3.05) is 31.5 Å². The Balaban J connectivity index is 1.83. The molecule has 1 aliphatic heterocycles. The quantitative estimate of drug-likeness (QED) is 0.889. The van der Waals surface area contributed by atoms with Crippen molar-refractivity contribution in [1.82, 2.24) is 14.8 Å². The molecule has 21 heavy (non-hydrogen) atoms. The van der Waals surface area contributed by atoms with Gasteiger partial charge >= 0.3 is 0 Å². The minimum absolute atomic E-state index is 0.0886. The number of nitrogens with one attached hydrogen (secondary N) is 1. The molecule has 0 unspecified atom stereocenters. The van der Waals surface area contributed by atoms with Crippen molar-refractivity contribution in [2.24, 2.45) is 0 Å². The zero-order valence-corrected chi connectivity index (χ0v) is 13.8. The van der Waals surface area contributed by atoms with Crippen LogP contribution in [0, 0.1) is 0 Å². The molecule has 2 rings (SSSR count). The second kappa shape index (κ2) is 7.00. The van der Waals surface area contributed by atoms with E-state index in [2.05, 4.69) is 31.1 Å². The number of carbonyl (C=O) groups excluding carboxylic acids is 2. The van der Waals surface area contributed by atoms with E-state index >= 15 is 0 Å². The fourth-order valence-electron chi connectivity index (χ4n) is 2.48. The molecule has 1 aromatic heterocycles. The van der Waals surface area contributed by atoms with Gasteiger partial charge in [-0.3, -0.25) is 14.5 Å². The summed E-state index contributed by atoms with van der Waals surface area (Å²) in [7, 11) is 0. The number of anilines is 1. The Kier molecular flexibility index (Phi) is 5.30. The molecule has 2 amide bonds. The first kappa shape index (κ1) is 15.9. The first-order valence-electron chi connectivity index (χ1n) is 6.86. The predicted molar refractivity (Wildman–Crippen MR) is 83.9 cm³/mol. The maximum atomic E-state index is 12.0. The first-order valence-corrected chi connectivity index (χ1v) is 7.66. The number of amides is 2. The number of nitrogens with zero attached hydrogens (tertiary/aromatic N) is 3. The molecule has 0 saturated carbocycles. The number of piperazine rings is 1. The smallest absolute Gasteiger partial charge is 0.239 e. The summed E-state index contributed by atoms with van der Waals surface area (Å²) in [6, 6.07) is 3.71. The van der Waals surface area contributed by atoms with Crippen molar-refractivity contribution in [2.45, 2.75) is 19.9 Å². The van der Waals surface area contributed by atoms with Gasteiger partial charge in [0.25, 0.3) is 0 Å². The van der Waals surface area contributed by atoms with Crippen LogP contribution in [-0.2, 0) is 9.59 Å². The number of rotatable bonds is 3. The van der Waals surface area contributed by atoms with E-state index in [0.717, 1.165) is 4.47 Å². The summed E-state index contributed by atoms with van der Waals surface area (Å²) in [4.78, 5) is 31.4. The van der Waals surface area contributed by atoms with Gasteiger partial charge in [0.2, 0.25) is 11.8 Å². The SMILES string of the molecule is CC(=O)N1CCN(CC(=O)Nc2ccc(Br)cn2)C[C@@H]1C. The van der Waals surface area contributed by atoms with E-state index in [1.54, 1.807) is 19.2 Å². The van der Waals surface area contributed by atoms with Crippen LogP contribution in [0.1, 0.15) is 13.8 Å². The molecular formula is C14H19BrN4O2. The highest BCUT2D eigenvalue weighted by Crippen LogP contribution is 2.12. The van der Waals surface area contributed by atoms with Crippen LogP contribution in [0.15, 0.2) is 22.8 Å². The summed E-state index contributed by atoms with van der Waals surface area (Å²) in [6.07, 6.45) is 1.64. The van der Waals surface area contributed by atoms with Crippen molar-refractivity contribution >= 4 is 33.6 Å². The van der Waals surface area contributed by atoms with E-state index in [0.29, 0.717) is 32.0 Å². The lowest BCUT2D eigenvalue weighted by Crippen LogP contribution is -2.54. The molecule has 2 heterocycles. The standard InChI is InChI=1S/C14H19BrN4O2/c1-10-8-18(5-6-19(10)11(2)20)9-14(21)17-13-4-3-12(15)7-16-13/h3-4,7,10H,5-6,8-9H2,1-2H3,(H,16,17,21)/t10-/m0/s1. The van der Waals surface area contributed by atoms with E-state index in [9.17, 15) is 9.59 Å². The summed E-state index contributed by atoms with van der Waals surface area (Å²) in [6.45, 7) is 5.99. The molecule has 1 N–H and O–H groups in total. The molecule has 0 spiro atoms. The number of aromatic nitrogens is 1. The molecule has 0 aliphatic carbocycles. The van der Waals surface area contributed by atoms with E-state index in [1.807, 2.05) is 17.9 Å². The van der Waals surface area contributed by atoms with Gasteiger partial charge in [-0.15, -0.1) is 0 Å². The molecule has 7 heteroatoms. The van der Waals surface area contributed by atoms with Gasteiger partial charge in [0.05, 0.1) is 6.54 Å². The van der Waals surface area contributed by atoms with Crippen molar-refractivity contribution in [3.8, 4) is 0 Å². The van der Waals surface area contributed by atoms with Gasteiger partial charge in [-0.1, -0.05) is 0 Å². The number of carbonyl (C=O) groups is 2. The van der Waals surface area contributed by atoms with Gasteiger partial charge in [0.1, 0.15) is 5.82 Å². The van der Waals surface area contributed by atoms with Crippen molar-refractivity contribution in [3.63, 3.8) is 0 Å². The second-order valence-corrected chi connectivity index (χ2v) is 6.12. The zero-order chi connectivity index (χ0) is 15.4. The fraction of sp³-hybridized carbons (Fsp3) is 0.500. The van der Waals surface area contributed by atoms with Crippen LogP contribution in [0.3, 0.4) is 0 Å². The maximum Gasteiger partial charge on any atom is 0.239 e. The lowest BCUT2D eigenvalue weighted by atomic mass is 10.2. The topological polar surface area (TPSA) is 65.5 Å². The Morgan fingerprint density at radius 2 is 2.19 bits per heavy atom. The van der Waals surface area contributed by atoms with Crippen LogP contribution in [-0.4, -0.2) is 58.8 Å². The third-order valence-corrected chi connectivity index (χ3v) is 3.95. The van der Waals surface area contributed by atoms with Crippen molar-refractivity contribution in [3.05, 3.63) is 22.8 Å². The lowest BCUT2D eigenvalue weighted by Gasteiger charge is -2.39. The molecule has 0 radical (unpaired) electrons. The number of hydrogen-bond acceptors (Lipinski definition) is 4. The van der Waals surface area contributed by atoms with Gasteiger partial charge < -0.3 is 10.2 Å². The van der Waals surface area contributed by atoms with Gasteiger partial charge in [0, 0.05) is 43.3 Å². The minimum atomic E-state index is -0.0895. The summed E-state index contributed by atoms with van der Waals surface area (Å²) in [5, 5.41) is 2.77. The van der Waals surface area contributed by atoms with Crippen LogP contribution >= 0.6 is 15.9 Å². The van der Waals surface area contributed by atoms with Crippen LogP contribution in [0.25, 0.3) is 0 Å². The molecular weight excluding hydrogens is 336 g/mol. The third-order valence-electron chi connectivity index (χ3n) is 3.48. The van der Waals surface area contributed by atoms with E-state index in [1.165, 1.54) is 0 Å². The number of halogens is 1. The van der Waals surface area contributed by atoms with Gasteiger partial charge in [0.15, 0.2) is 0 Å². The van der Waals surface area contributed by atoms with Gasteiger partial charge in [-0.2, -0.15) is 0 Å². The number of pyridine rings is 1. The molecule has 1 fully saturated rings. The largest absolute Gasteiger partial charge is 0.338 e. The molecule has 0 aromatic carbocycles. The Bertz CT molecular complexity index is 520. The molecule has 1 saturated heterocycles. The Labute approximate surface area is 132 Å². The average Bonchev–Trinajstić information content (AvgIpc) is 2.41. The lowest BCUT2D eigenvalue weighted by molar-refractivity contribution is -0.133. The number of hydrogen-bond donors (Lipinski definition) is 1. The second-order valence-electron chi connectivity index (χ2n) is 5.21. The minimum Gasteiger partial charge on any atom is -0.338 e. The molecule has 1 atom stereocenters. The highest BCUT2D eigenvalue weighted by atomic mass is 79.9. The first-order chi connectivity index (χ1) is 9.95. The molecule has 0 bridgehead atoms. The Hall–Kier alpha value is -1.47. The van der Waals surface area contributed by atoms with E-state index in [4.69, 9.17) is 0 Å². The highest BCUT2D eigenvalue weighted by molar-refractivity contribution is 9.10. The molecule has 114 valence electrons. The summed E-state index contributed by atoms with van der Waals surface area (Å²) in [5.41, 5.74) is 0. The van der Waals surface area contributed by atoms with Crippen molar-refractivity contribution in [1.29, 1.82) is 0 Å². The predicted octanol–water partition coefficient (Wildman–Crippen LogP) is 1.34. The van der Waals surface area contributed by atoms with E-state index in [-0.39, 0.29) is 17.9 Å². The third kappa shape index (κ3) is 4.50. The van der Waals surface area contributed by atoms with Crippen molar-refractivity contribution < 1.29 is 9.59 Å². The molecule has 1 aliphatic rings. The van der Waals surface area contributed by atoms with Crippen LogP contribution < -0.4 is 5.32 Å². The summed E-state index contributed by atoms with van der Waals surface area (Å²) >= 11 is 3.30. The molecule has 6 nitrogen and oxygen atoms in total. The van der Waals surface area contributed by atoms with Gasteiger partial charge in [-0.05, 0) is 35.0 Å². The van der Waals surface area contributed by atoms with Crippen LogP contribution in [0.5, 0.6) is 0 Å². The van der Waals surface area contributed by atoms with Gasteiger partial charge in [-0.25, -0.2) is 4.98 Å². The summed E-state index contributed by atoms with van der Waals surface area (Å²) < 4.78 is 0.870. The monoisotopic (exact) mass is 354 g/mol. The van der Waals surface area contributed by atoms with E-state index < -0.39 is 0 Å². The normalized spacial score (nSPS) is 19.4. The van der Waals surface area contributed by atoms with Crippen LogP contribution in [0.4, 0.5) is 5.82 Å². The van der Waals surface area contributed by atoms with Crippen LogP contribution in [0.2, 0.25) is 0 Å². The highest BCUT2D eigenvalue weighted by Gasteiger charge is 2.26. The summed E-state index contributed by atoms with van der Waals surface area (Å²) in [5.74, 6) is 0.539. The zero-order valence-electron chi connectivity index (χ0n) is 12.2. The Morgan fingerprint density at radius 1 is 1.43 bits per heavy atom. The maximum absolute atomic E-state index is 12.0. The molecule has 1 aromatic rings. The average molecular weight is 355 g/mol. The fourth-order valence-corrected chi connectivity index (χ4v) is 2.71.